The van der Waals surface area contributed by atoms with Crippen molar-refractivity contribution in [3.63, 3.8) is 0 Å². The van der Waals surface area contributed by atoms with E-state index >= 15 is 0 Å². The van der Waals surface area contributed by atoms with E-state index in [9.17, 15) is 4.79 Å². The van der Waals surface area contributed by atoms with Crippen molar-refractivity contribution in [3.05, 3.63) is 44.0 Å². The van der Waals surface area contributed by atoms with E-state index in [1.165, 1.54) is 11.3 Å². The molecule has 0 amide bonds. The highest BCUT2D eigenvalue weighted by Crippen LogP contribution is 2.15. The highest BCUT2D eigenvalue weighted by Gasteiger charge is 2.07. The van der Waals surface area contributed by atoms with Crippen LogP contribution >= 0.6 is 33.9 Å². The molecule has 0 fully saturated rings. The van der Waals surface area contributed by atoms with E-state index in [1.54, 1.807) is 24.4 Å². The van der Waals surface area contributed by atoms with Gasteiger partial charge in [-0.3, -0.25) is 5.43 Å². The van der Waals surface area contributed by atoms with Crippen molar-refractivity contribution in [1.82, 2.24) is 4.98 Å². The zero-order chi connectivity index (χ0) is 13.8. The van der Waals surface area contributed by atoms with E-state index in [-0.39, 0.29) is 0 Å². The van der Waals surface area contributed by atoms with Crippen LogP contribution in [0.4, 0.5) is 5.13 Å². The van der Waals surface area contributed by atoms with Gasteiger partial charge in [-0.15, -0.1) is 11.3 Å². The quantitative estimate of drug-likeness (QED) is 0.480. The lowest BCUT2D eigenvalue weighted by Gasteiger charge is -2.00. The molecule has 0 saturated heterocycles. The Morgan fingerprint density at radius 1 is 1.58 bits per heavy atom. The molecular weight excluding hydrogens is 377 g/mol. The molecular formula is C12H10IN3O2S. The van der Waals surface area contributed by atoms with Crippen LogP contribution in [0.2, 0.25) is 0 Å². The van der Waals surface area contributed by atoms with Crippen LogP contribution < -0.4 is 5.43 Å². The molecule has 98 valence electrons. The SMILES string of the molecule is Cc1csc(NN=Cc2ccc(C(=O)O)c(I)c2)n1. The number of rotatable bonds is 4. The summed E-state index contributed by atoms with van der Waals surface area (Å²) in [5.41, 5.74) is 4.90. The maximum absolute atomic E-state index is 10.9. The molecule has 5 nitrogen and oxygen atoms in total. The van der Waals surface area contributed by atoms with Gasteiger partial charge in [0.15, 0.2) is 0 Å². The number of thiazole rings is 1. The summed E-state index contributed by atoms with van der Waals surface area (Å²) in [4.78, 5) is 15.1. The van der Waals surface area contributed by atoms with E-state index in [2.05, 4.69) is 15.5 Å². The van der Waals surface area contributed by atoms with Gasteiger partial charge in [0.1, 0.15) is 0 Å². The van der Waals surface area contributed by atoms with Crippen LogP contribution in [0.1, 0.15) is 21.6 Å². The molecule has 0 aliphatic carbocycles. The van der Waals surface area contributed by atoms with Crippen molar-refractivity contribution in [3.8, 4) is 0 Å². The summed E-state index contributed by atoms with van der Waals surface area (Å²) < 4.78 is 0.680. The van der Waals surface area contributed by atoms with Gasteiger partial charge in [0.25, 0.3) is 0 Å². The number of aryl methyl sites for hydroxylation is 1. The molecule has 0 atom stereocenters. The van der Waals surface area contributed by atoms with Crippen LogP contribution in [-0.2, 0) is 0 Å². The Balaban J connectivity index is 2.07. The molecule has 2 N–H and O–H groups in total. The summed E-state index contributed by atoms with van der Waals surface area (Å²) in [5, 5.41) is 15.6. The second kappa shape index (κ2) is 6.11. The minimum absolute atomic E-state index is 0.293. The van der Waals surface area contributed by atoms with Crippen molar-refractivity contribution >= 4 is 51.2 Å². The topological polar surface area (TPSA) is 74.6 Å². The minimum atomic E-state index is -0.927. The molecule has 0 aliphatic heterocycles. The van der Waals surface area contributed by atoms with Gasteiger partial charge in [0, 0.05) is 8.95 Å². The smallest absolute Gasteiger partial charge is 0.336 e. The Labute approximate surface area is 127 Å². The summed E-state index contributed by atoms with van der Waals surface area (Å²) in [5.74, 6) is -0.927. The standard InChI is InChI=1S/C12H10IN3O2S/c1-7-6-19-12(15-7)16-14-5-8-2-3-9(11(17)18)10(13)4-8/h2-6H,1H3,(H,15,16)(H,17,18). The van der Waals surface area contributed by atoms with Gasteiger partial charge in [0.05, 0.1) is 17.5 Å². The molecule has 0 spiro atoms. The number of halogens is 1. The van der Waals surface area contributed by atoms with Gasteiger partial charge in [-0.05, 0) is 47.2 Å². The van der Waals surface area contributed by atoms with Crippen LogP contribution in [0.25, 0.3) is 0 Å². The van der Waals surface area contributed by atoms with Crippen LogP contribution in [0.15, 0.2) is 28.7 Å². The van der Waals surface area contributed by atoms with Crippen molar-refractivity contribution in [1.29, 1.82) is 0 Å². The third-order valence-electron chi connectivity index (χ3n) is 2.22. The summed E-state index contributed by atoms with van der Waals surface area (Å²) in [6.07, 6.45) is 1.63. The Morgan fingerprint density at radius 3 is 2.95 bits per heavy atom. The Morgan fingerprint density at radius 2 is 2.37 bits per heavy atom. The highest BCUT2D eigenvalue weighted by atomic mass is 127. The molecule has 19 heavy (non-hydrogen) atoms. The van der Waals surface area contributed by atoms with Crippen LogP contribution in [0, 0.1) is 10.5 Å². The van der Waals surface area contributed by atoms with E-state index in [0.717, 1.165) is 16.4 Å². The maximum atomic E-state index is 10.9. The number of nitrogens with one attached hydrogen (secondary N) is 1. The molecule has 2 rings (SSSR count). The highest BCUT2D eigenvalue weighted by molar-refractivity contribution is 14.1. The number of aromatic carboxylic acids is 1. The Kier molecular flexibility index (Phi) is 4.48. The van der Waals surface area contributed by atoms with Crippen LogP contribution in [-0.4, -0.2) is 22.3 Å². The number of hydrazone groups is 1. The number of carbonyl (C=O) groups is 1. The van der Waals surface area contributed by atoms with Gasteiger partial charge >= 0.3 is 5.97 Å². The number of benzene rings is 1. The number of anilines is 1. The second-order valence-corrected chi connectivity index (χ2v) is 5.73. The largest absolute Gasteiger partial charge is 0.478 e. The van der Waals surface area contributed by atoms with Crippen LogP contribution in [0.3, 0.4) is 0 Å². The first-order chi connectivity index (χ1) is 9.06. The summed E-state index contributed by atoms with van der Waals surface area (Å²) in [6.45, 7) is 1.92. The van der Waals surface area contributed by atoms with Crippen molar-refractivity contribution in [2.24, 2.45) is 5.10 Å². The van der Waals surface area contributed by atoms with Gasteiger partial charge in [-0.2, -0.15) is 5.10 Å². The van der Waals surface area contributed by atoms with Crippen molar-refractivity contribution < 1.29 is 9.90 Å². The molecule has 0 saturated carbocycles. The summed E-state index contributed by atoms with van der Waals surface area (Å²) in [7, 11) is 0. The van der Waals surface area contributed by atoms with E-state index in [4.69, 9.17) is 5.11 Å². The normalized spacial score (nSPS) is 10.8. The third-order valence-corrected chi connectivity index (χ3v) is 3.97. The fourth-order valence-electron chi connectivity index (χ4n) is 1.35. The molecule has 1 heterocycles. The molecule has 1 aromatic heterocycles. The molecule has 7 heteroatoms. The average molecular weight is 387 g/mol. The average Bonchev–Trinajstić information content (AvgIpc) is 2.75. The van der Waals surface area contributed by atoms with E-state index in [0.29, 0.717) is 9.13 Å². The van der Waals surface area contributed by atoms with Gasteiger partial charge in [-0.25, -0.2) is 9.78 Å². The lowest BCUT2D eigenvalue weighted by molar-refractivity contribution is 0.0695. The number of aromatic nitrogens is 1. The predicted octanol–water partition coefficient (Wildman–Crippen LogP) is 3.20. The van der Waals surface area contributed by atoms with Gasteiger partial charge in [-0.1, -0.05) is 6.07 Å². The molecule has 0 aliphatic rings. The number of carboxylic acid groups (broad SMARTS) is 1. The zero-order valence-corrected chi connectivity index (χ0v) is 12.9. The van der Waals surface area contributed by atoms with E-state index < -0.39 is 5.97 Å². The first kappa shape index (κ1) is 13.9. The Bertz CT molecular complexity index is 640. The molecule has 0 radical (unpaired) electrons. The number of carboxylic acids is 1. The minimum Gasteiger partial charge on any atom is -0.478 e. The van der Waals surface area contributed by atoms with Crippen molar-refractivity contribution in [2.75, 3.05) is 5.43 Å². The third kappa shape index (κ3) is 3.74. The molecule has 0 unspecified atom stereocenters. The first-order valence-electron chi connectivity index (χ1n) is 5.30. The fraction of sp³-hybridized carbons (Fsp3) is 0.0833. The monoisotopic (exact) mass is 387 g/mol. The number of hydrogen-bond donors (Lipinski definition) is 2. The summed E-state index contributed by atoms with van der Waals surface area (Å²) >= 11 is 3.47. The molecule has 1 aromatic carbocycles. The molecule has 0 bridgehead atoms. The number of hydrogen-bond acceptors (Lipinski definition) is 5. The predicted molar refractivity (Wildman–Crippen MR) is 84.2 cm³/mol. The van der Waals surface area contributed by atoms with E-state index in [1.807, 2.05) is 34.9 Å². The first-order valence-corrected chi connectivity index (χ1v) is 7.26. The zero-order valence-electron chi connectivity index (χ0n) is 9.92. The Hall–Kier alpha value is -1.48. The fourth-order valence-corrected chi connectivity index (χ4v) is 2.76. The summed E-state index contributed by atoms with van der Waals surface area (Å²) in [6, 6.07) is 5.05. The lowest BCUT2D eigenvalue weighted by atomic mass is 10.1. The maximum Gasteiger partial charge on any atom is 0.336 e. The molecule has 2 aromatic rings. The van der Waals surface area contributed by atoms with Gasteiger partial charge in [0.2, 0.25) is 5.13 Å². The van der Waals surface area contributed by atoms with Gasteiger partial charge < -0.3 is 5.11 Å². The second-order valence-electron chi connectivity index (χ2n) is 3.71. The van der Waals surface area contributed by atoms with Crippen molar-refractivity contribution in [2.45, 2.75) is 6.92 Å². The van der Waals surface area contributed by atoms with Crippen LogP contribution in [0.5, 0.6) is 0 Å². The number of nitrogens with zero attached hydrogens (tertiary/aromatic N) is 2. The lowest BCUT2D eigenvalue weighted by Crippen LogP contribution is -2.00.